The Morgan fingerprint density at radius 1 is 1.33 bits per heavy atom. The summed E-state index contributed by atoms with van der Waals surface area (Å²) in [5, 5.41) is 0. The number of hydrogen-bond acceptors (Lipinski definition) is 6. The third-order valence-corrected chi connectivity index (χ3v) is 4.07. The van der Waals surface area contributed by atoms with Gasteiger partial charge in [0.25, 0.3) is 10.1 Å². The molecule has 6 nitrogen and oxygen atoms in total. The minimum Gasteiger partial charge on any atom is -0.440 e. The molecule has 8 heteroatoms. The highest BCUT2D eigenvalue weighted by molar-refractivity contribution is 7.85. The number of rotatable bonds is 6. The first-order valence-electron chi connectivity index (χ1n) is 6.86. The quantitative estimate of drug-likeness (QED) is 0.587. The second-order valence-corrected chi connectivity index (χ2v) is 10.5. The Morgan fingerprint density at radius 3 is 2.33 bits per heavy atom. The van der Waals surface area contributed by atoms with E-state index in [0.717, 1.165) is 6.26 Å². The van der Waals surface area contributed by atoms with Crippen LogP contribution in [0.3, 0.4) is 0 Å². The molecule has 1 heterocycles. The Hall–Kier alpha value is -0.703. The predicted octanol–water partition coefficient (Wildman–Crippen LogP) is 2.55. The van der Waals surface area contributed by atoms with Gasteiger partial charge in [-0.3, -0.25) is 4.18 Å². The lowest BCUT2D eigenvalue weighted by Gasteiger charge is -2.31. The molecule has 0 fully saturated rings. The van der Waals surface area contributed by atoms with Gasteiger partial charge in [-0.25, -0.2) is 4.98 Å². The van der Waals surface area contributed by atoms with Crippen molar-refractivity contribution >= 4 is 19.2 Å². The Kier molecular flexibility index (Phi) is 5.76. The number of aromatic nitrogens is 1. The first-order valence-corrected chi connectivity index (χ1v) is 11.5. The van der Waals surface area contributed by atoms with Gasteiger partial charge >= 0.3 is 0 Å². The fourth-order valence-electron chi connectivity index (χ4n) is 1.86. The molecule has 1 rings (SSSR count). The summed E-state index contributed by atoms with van der Waals surface area (Å²) >= 11 is 0. The van der Waals surface area contributed by atoms with E-state index < -0.39 is 19.2 Å². The minimum atomic E-state index is -3.52. The number of hydrogen-bond donors (Lipinski definition) is 0. The van der Waals surface area contributed by atoms with Crippen molar-refractivity contribution in [1.82, 2.24) is 4.98 Å². The van der Waals surface area contributed by atoms with Crippen LogP contribution in [0.1, 0.15) is 44.2 Å². The molecule has 0 aromatic carbocycles. The zero-order valence-electron chi connectivity index (χ0n) is 13.8. The van der Waals surface area contributed by atoms with E-state index in [1.54, 1.807) is 0 Å². The van der Waals surface area contributed by atoms with Gasteiger partial charge in [0.15, 0.2) is 14.8 Å². The third kappa shape index (κ3) is 5.89. The molecule has 1 aromatic heterocycles. The maximum absolute atomic E-state index is 11.0. The molecular weight excluding hydrogens is 310 g/mol. The summed E-state index contributed by atoms with van der Waals surface area (Å²) in [6, 6.07) is 0. The predicted molar refractivity (Wildman–Crippen MR) is 83.0 cm³/mol. The van der Waals surface area contributed by atoms with Gasteiger partial charge in [-0.1, -0.05) is 20.8 Å². The zero-order valence-corrected chi connectivity index (χ0v) is 15.7. The van der Waals surface area contributed by atoms with Crippen LogP contribution in [-0.4, -0.2) is 28.7 Å². The van der Waals surface area contributed by atoms with Gasteiger partial charge in [-0.05, 0) is 25.4 Å². The van der Waals surface area contributed by atoms with Gasteiger partial charge < -0.3 is 8.84 Å². The molecule has 0 aliphatic rings. The van der Waals surface area contributed by atoms with E-state index in [0.29, 0.717) is 11.5 Å². The molecule has 122 valence electrons. The number of aryl methyl sites for hydroxylation is 1. The fraction of sp³-hybridized carbons (Fsp3) is 0.769. The standard InChI is InChI=1S/C13H25NO5SSi/c1-9-11(12(13(2,3)4)19-21(6)7)18-10(14-9)8-17-20(5,15)16/h12,21H,8H2,1-7H3. The maximum atomic E-state index is 11.0. The van der Waals surface area contributed by atoms with Crippen LogP contribution in [0.4, 0.5) is 0 Å². The molecule has 21 heavy (non-hydrogen) atoms. The monoisotopic (exact) mass is 335 g/mol. The van der Waals surface area contributed by atoms with Gasteiger partial charge in [0.1, 0.15) is 12.7 Å². The van der Waals surface area contributed by atoms with Crippen LogP contribution in [0.25, 0.3) is 0 Å². The van der Waals surface area contributed by atoms with E-state index >= 15 is 0 Å². The number of oxazole rings is 1. The summed E-state index contributed by atoms with van der Waals surface area (Å²) in [4.78, 5) is 4.23. The zero-order chi connectivity index (χ0) is 16.4. The molecule has 1 aromatic rings. The highest BCUT2D eigenvalue weighted by atomic mass is 32.2. The summed E-state index contributed by atoms with van der Waals surface area (Å²) in [7, 11) is -4.79. The van der Waals surface area contributed by atoms with Gasteiger partial charge in [0.05, 0.1) is 11.9 Å². The summed E-state index contributed by atoms with van der Waals surface area (Å²) in [5.41, 5.74) is 0.563. The van der Waals surface area contributed by atoms with Crippen molar-refractivity contribution in [3.05, 3.63) is 17.3 Å². The number of nitrogens with zero attached hydrogens (tertiary/aromatic N) is 1. The van der Waals surface area contributed by atoms with E-state index in [1.807, 2.05) is 6.92 Å². The average molecular weight is 335 g/mol. The van der Waals surface area contributed by atoms with E-state index in [1.165, 1.54) is 0 Å². The fourth-order valence-corrected chi connectivity index (χ4v) is 3.25. The van der Waals surface area contributed by atoms with Crippen molar-refractivity contribution in [2.75, 3.05) is 6.26 Å². The van der Waals surface area contributed by atoms with Crippen LogP contribution >= 0.6 is 0 Å². The van der Waals surface area contributed by atoms with E-state index in [2.05, 4.69) is 38.8 Å². The molecular formula is C13H25NO5SSi. The Bertz CT molecular complexity index is 574. The van der Waals surface area contributed by atoms with Crippen molar-refractivity contribution in [2.45, 2.75) is 53.5 Å². The lowest BCUT2D eigenvalue weighted by molar-refractivity contribution is 0.0631. The van der Waals surface area contributed by atoms with E-state index in [-0.39, 0.29) is 24.0 Å². The smallest absolute Gasteiger partial charge is 0.264 e. The molecule has 0 amide bonds. The molecule has 0 radical (unpaired) electrons. The molecule has 1 atom stereocenters. The molecule has 0 N–H and O–H groups in total. The van der Waals surface area contributed by atoms with Crippen LogP contribution in [0.2, 0.25) is 13.1 Å². The van der Waals surface area contributed by atoms with Crippen molar-refractivity contribution in [1.29, 1.82) is 0 Å². The molecule has 1 unspecified atom stereocenters. The molecule has 0 bridgehead atoms. The highest BCUT2D eigenvalue weighted by Gasteiger charge is 2.33. The summed E-state index contributed by atoms with van der Waals surface area (Å²) in [6.07, 6.45) is 0.790. The molecule has 0 spiro atoms. The molecule has 0 aliphatic carbocycles. The van der Waals surface area contributed by atoms with Crippen LogP contribution in [0, 0.1) is 12.3 Å². The van der Waals surface area contributed by atoms with E-state index in [9.17, 15) is 8.42 Å². The lowest BCUT2D eigenvalue weighted by Crippen LogP contribution is -2.26. The Labute approximate surface area is 128 Å². The van der Waals surface area contributed by atoms with Crippen molar-refractivity contribution in [3.63, 3.8) is 0 Å². The normalized spacial score (nSPS) is 14.7. The second-order valence-electron chi connectivity index (χ2n) is 6.45. The highest BCUT2D eigenvalue weighted by Crippen LogP contribution is 2.38. The second kappa shape index (κ2) is 6.60. The average Bonchev–Trinajstić information content (AvgIpc) is 2.62. The van der Waals surface area contributed by atoms with Crippen molar-refractivity contribution < 1.29 is 21.4 Å². The minimum absolute atomic E-state index is 0.142. The Morgan fingerprint density at radius 2 is 1.90 bits per heavy atom. The third-order valence-electron chi connectivity index (χ3n) is 2.71. The first kappa shape index (κ1) is 18.3. The molecule has 0 saturated heterocycles. The van der Waals surface area contributed by atoms with Gasteiger partial charge in [-0.15, -0.1) is 0 Å². The van der Waals surface area contributed by atoms with Crippen LogP contribution in [-0.2, 0) is 25.3 Å². The van der Waals surface area contributed by atoms with Crippen molar-refractivity contribution in [3.8, 4) is 0 Å². The van der Waals surface area contributed by atoms with Crippen molar-refractivity contribution in [2.24, 2.45) is 5.41 Å². The summed E-state index contributed by atoms with van der Waals surface area (Å²) in [6.45, 7) is 12.0. The van der Waals surface area contributed by atoms with Gasteiger partial charge in [0, 0.05) is 0 Å². The molecule has 0 aliphatic heterocycles. The largest absolute Gasteiger partial charge is 0.440 e. The van der Waals surface area contributed by atoms with Crippen LogP contribution in [0.15, 0.2) is 4.42 Å². The SMILES string of the molecule is Cc1nc(COS(C)(=O)=O)oc1C(O[SiH](C)C)C(C)(C)C. The first-order chi connectivity index (χ1) is 9.40. The lowest BCUT2D eigenvalue weighted by atomic mass is 9.87. The summed E-state index contributed by atoms with van der Waals surface area (Å²) in [5.74, 6) is 0.895. The molecule has 0 saturated carbocycles. The topological polar surface area (TPSA) is 78.6 Å². The van der Waals surface area contributed by atoms with Crippen LogP contribution < -0.4 is 0 Å². The van der Waals surface area contributed by atoms with E-state index in [4.69, 9.17) is 13.0 Å². The van der Waals surface area contributed by atoms with Gasteiger partial charge in [0.2, 0.25) is 5.89 Å². The maximum Gasteiger partial charge on any atom is 0.264 e. The van der Waals surface area contributed by atoms with Gasteiger partial charge in [-0.2, -0.15) is 8.42 Å². The Balaban J connectivity index is 3.02. The summed E-state index contributed by atoms with van der Waals surface area (Å²) < 4.78 is 38.5. The van der Waals surface area contributed by atoms with Crippen LogP contribution in [0.5, 0.6) is 0 Å².